The molecular weight excluding hydrogens is 230 g/mol. The molecule has 106 valence electrons. The van der Waals surface area contributed by atoms with Crippen LogP contribution < -0.4 is 0 Å². The van der Waals surface area contributed by atoms with Gasteiger partial charge in [-0.15, -0.1) is 0 Å². The van der Waals surface area contributed by atoms with Crippen LogP contribution in [0, 0.1) is 11.8 Å². The van der Waals surface area contributed by atoms with Gasteiger partial charge in [-0.2, -0.15) is 0 Å². The highest BCUT2D eigenvalue weighted by molar-refractivity contribution is 5.68. The second kappa shape index (κ2) is 5.91. The van der Waals surface area contributed by atoms with Gasteiger partial charge in [0.25, 0.3) is 0 Å². The molecule has 1 aliphatic heterocycles. The second-order valence-corrected chi connectivity index (χ2v) is 6.67. The number of likely N-dealkylation sites (tertiary alicyclic amines) is 1. The molecule has 4 nitrogen and oxygen atoms in total. The van der Waals surface area contributed by atoms with Crippen molar-refractivity contribution in [3.05, 3.63) is 0 Å². The first kappa shape index (κ1) is 15.3. The smallest absolute Gasteiger partial charge is 0.410 e. The zero-order valence-electron chi connectivity index (χ0n) is 12.3. The van der Waals surface area contributed by atoms with Crippen LogP contribution in [0.25, 0.3) is 0 Å². The topological polar surface area (TPSA) is 49.8 Å². The fourth-order valence-corrected chi connectivity index (χ4v) is 2.27. The summed E-state index contributed by atoms with van der Waals surface area (Å²) in [5.74, 6) is 0.676. The minimum Gasteiger partial charge on any atom is -0.444 e. The standard InChI is InChI=1S/C14H27NO3/c1-10(2)8-12(16)11-6-7-15(9-11)13(17)18-14(3,4)5/h10-12,16H,6-9H2,1-5H3. The minimum absolute atomic E-state index is 0.194. The van der Waals surface area contributed by atoms with Crippen molar-refractivity contribution in [3.8, 4) is 0 Å². The first-order chi connectivity index (χ1) is 8.19. The number of aliphatic hydroxyl groups excluding tert-OH is 1. The third-order valence-corrected chi connectivity index (χ3v) is 3.13. The summed E-state index contributed by atoms with van der Waals surface area (Å²) in [6.07, 6.45) is 1.10. The molecule has 1 amide bonds. The van der Waals surface area contributed by atoms with Gasteiger partial charge in [-0.05, 0) is 39.5 Å². The van der Waals surface area contributed by atoms with Crippen molar-refractivity contribution in [2.45, 2.75) is 59.2 Å². The van der Waals surface area contributed by atoms with Gasteiger partial charge in [0.15, 0.2) is 0 Å². The van der Waals surface area contributed by atoms with Crippen LogP contribution in [0.2, 0.25) is 0 Å². The molecule has 0 aromatic heterocycles. The first-order valence-corrected chi connectivity index (χ1v) is 6.85. The maximum atomic E-state index is 11.9. The molecular formula is C14H27NO3. The Hall–Kier alpha value is -0.770. The lowest BCUT2D eigenvalue weighted by Crippen LogP contribution is -2.36. The predicted octanol–water partition coefficient (Wildman–Crippen LogP) is 2.65. The third kappa shape index (κ3) is 4.84. The van der Waals surface area contributed by atoms with E-state index in [0.717, 1.165) is 12.8 Å². The fraction of sp³-hybridized carbons (Fsp3) is 0.929. The van der Waals surface area contributed by atoms with Gasteiger partial charge in [-0.25, -0.2) is 4.79 Å². The van der Waals surface area contributed by atoms with E-state index >= 15 is 0 Å². The van der Waals surface area contributed by atoms with Crippen molar-refractivity contribution in [2.75, 3.05) is 13.1 Å². The van der Waals surface area contributed by atoms with E-state index in [4.69, 9.17) is 4.74 Å². The summed E-state index contributed by atoms with van der Waals surface area (Å²) in [5, 5.41) is 10.1. The van der Waals surface area contributed by atoms with Gasteiger partial charge in [0.2, 0.25) is 0 Å². The molecule has 2 atom stereocenters. The summed E-state index contributed by atoms with van der Waals surface area (Å²) in [7, 11) is 0. The van der Waals surface area contributed by atoms with Crippen LogP contribution in [0.1, 0.15) is 47.5 Å². The number of amides is 1. The molecule has 1 aliphatic rings. The molecule has 1 heterocycles. The second-order valence-electron chi connectivity index (χ2n) is 6.67. The van der Waals surface area contributed by atoms with Crippen LogP contribution in [0.15, 0.2) is 0 Å². The van der Waals surface area contributed by atoms with Crippen molar-refractivity contribution in [1.29, 1.82) is 0 Å². The number of carbonyl (C=O) groups is 1. The van der Waals surface area contributed by atoms with Crippen molar-refractivity contribution < 1.29 is 14.6 Å². The Morgan fingerprint density at radius 3 is 2.56 bits per heavy atom. The monoisotopic (exact) mass is 257 g/mol. The van der Waals surface area contributed by atoms with Crippen molar-refractivity contribution in [1.82, 2.24) is 4.90 Å². The number of ether oxygens (including phenoxy) is 1. The summed E-state index contributed by atoms with van der Waals surface area (Å²) >= 11 is 0. The van der Waals surface area contributed by atoms with Crippen LogP contribution >= 0.6 is 0 Å². The van der Waals surface area contributed by atoms with Crippen molar-refractivity contribution in [3.63, 3.8) is 0 Å². The van der Waals surface area contributed by atoms with Crippen LogP contribution in [-0.2, 0) is 4.74 Å². The van der Waals surface area contributed by atoms with Crippen LogP contribution in [0.5, 0.6) is 0 Å². The first-order valence-electron chi connectivity index (χ1n) is 6.85. The average Bonchev–Trinajstić information content (AvgIpc) is 2.61. The molecule has 1 N–H and O–H groups in total. The molecule has 0 aromatic carbocycles. The van der Waals surface area contributed by atoms with Gasteiger partial charge >= 0.3 is 6.09 Å². The van der Waals surface area contributed by atoms with E-state index in [0.29, 0.717) is 19.0 Å². The molecule has 18 heavy (non-hydrogen) atoms. The van der Waals surface area contributed by atoms with Gasteiger partial charge in [-0.3, -0.25) is 0 Å². The summed E-state index contributed by atoms with van der Waals surface area (Å²) < 4.78 is 5.34. The number of hydrogen-bond acceptors (Lipinski definition) is 3. The maximum absolute atomic E-state index is 11.9. The molecule has 2 unspecified atom stereocenters. The van der Waals surface area contributed by atoms with Gasteiger partial charge in [0.1, 0.15) is 5.60 Å². The number of carbonyl (C=O) groups excluding carboxylic acids is 1. The summed E-state index contributed by atoms with van der Waals surface area (Å²) in [6.45, 7) is 11.1. The van der Waals surface area contributed by atoms with E-state index in [2.05, 4.69) is 13.8 Å². The molecule has 0 aromatic rings. The summed E-state index contributed by atoms with van der Waals surface area (Å²) in [5.41, 5.74) is -0.453. The lowest BCUT2D eigenvalue weighted by Gasteiger charge is -2.25. The highest BCUT2D eigenvalue weighted by Crippen LogP contribution is 2.25. The minimum atomic E-state index is -0.453. The largest absolute Gasteiger partial charge is 0.444 e. The van der Waals surface area contributed by atoms with E-state index in [1.54, 1.807) is 4.90 Å². The molecule has 4 heteroatoms. The van der Waals surface area contributed by atoms with E-state index in [1.165, 1.54) is 0 Å². The predicted molar refractivity (Wildman–Crippen MR) is 71.4 cm³/mol. The third-order valence-electron chi connectivity index (χ3n) is 3.13. The Bertz CT molecular complexity index is 283. The molecule has 0 spiro atoms. The highest BCUT2D eigenvalue weighted by Gasteiger charge is 2.33. The number of nitrogens with zero attached hydrogens (tertiary/aromatic N) is 1. The lowest BCUT2D eigenvalue weighted by molar-refractivity contribution is 0.0262. The van der Waals surface area contributed by atoms with Gasteiger partial charge < -0.3 is 14.7 Å². The molecule has 1 rings (SSSR count). The van der Waals surface area contributed by atoms with Gasteiger partial charge in [0, 0.05) is 19.0 Å². The molecule has 0 aliphatic carbocycles. The Balaban J connectivity index is 2.43. The molecule has 0 radical (unpaired) electrons. The van der Waals surface area contributed by atoms with Crippen molar-refractivity contribution >= 4 is 6.09 Å². The Kier molecular flexibility index (Phi) is 5.02. The average molecular weight is 257 g/mol. The SMILES string of the molecule is CC(C)CC(O)C1CCN(C(=O)OC(C)(C)C)C1. The normalized spacial score (nSPS) is 22.4. The molecule has 0 saturated carbocycles. The molecule has 1 fully saturated rings. The molecule has 0 bridgehead atoms. The number of aliphatic hydroxyl groups is 1. The van der Waals surface area contributed by atoms with E-state index in [1.807, 2.05) is 20.8 Å². The Morgan fingerprint density at radius 1 is 1.44 bits per heavy atom. The van der Waals surface area contributed by atoms with E-state index in [-0.39, 0.29) is 18.1 Å². The number of rotatable bonds is 3. The Labute approximate surface area is 110 Å². The quantitative estimate of drug-likeness (QED) is 0.845. The molecule has 1 saturated heterocycles. The van der Waals surface area contributed by atoms with E-state index in [9.17, 15) is 9.90 Å². The zero-order valence-corrected chi connectivity index (χ0v) is 12.3. The summed E-state index contributed by atoms with van der Waals surface area (Å²) in [4.78, 5) is 13.6. The van der Waals surface area contributed by atoms with Gasteiger partial charge in [-0.1, -0.05) is 13.8 Å². The van der Waals surface area contributed by atoms with Crippen LogP contribution in [0.3, 0.4) is 0 Å². The maximum Gasteiger partial charge on any atom is 0.410 e. The Morgan fingerprint density at radius 2 is 2.06 bits per heavy atom. The van der Waals surface area contributed by atoms with Crippen LogP contribution in [0.4, 0.5) is 4.79 Å². The summed E-state index contributed by atoms with van der Waals surface area (Å²) in [6, 6.07) is 0. The zero-order chi connectivity index (χ0) is 13.9. The number of hydrogen-bond donors (Lipinski definition) is 1. The van der Waals surface area contributed by atoms with Gasteiger partial charge in [0.05, 0.1) is 6.10 Å². The van der Waals surface area contributed by atoms with E-state index < -0.39 is 5.60 Å². The van der Waals surface area contributed by atoms with Crippen molar-refractivity contribution in [2.24, 2.45) is 11.8 Å². The lowest BCUT2D eigenvalue weighted by atomic mass is 9.94. The van der Waals surface area contributed by atoms with Crippen LogP contribution in [-0.4, -0.2) is 40.9 Å². The fourth-order valence-electron chi connectivity index (χ4n) is 2.27. The highest BCUT2D eigenvalue weighted by atomic mass is 16.6.